The third kappa shape index (κ3) is 4.31. The maximum absolute atomic E-state index is 12.6. The van der Waals surface area contributed by atoms with Crippen molar-refractivity contribution in [2.75, 3.05) is 17.3 Å². The van der Waals surface area contributed by atoms with Crippen LogP contribution in [0.5, 0.6) is 0 Å². The van der Waals surface area contributed by atoms with Gasteiger partial charge in [0.05, 0.1) is 29.7 Å². The summed E-state index contributed by atoms with van der Waals surface area (Å²) in [6.07, 6.45) is 4.19. The Balaban J connectivity index is 1.65. The summed E-state index contributed by atoms with van der Waals surface area (Å²) in [4.78, 5) is 31.1. The summed E-state index contributed by atoms with van der Waals surface area (Å²) >= 11 is 6.07. The molecule has 184 valence electrons. The number of aliphatic carboxylic acids is 1. The van der Waals surface area contributed by atoms with Gasteiger partial charge in [0, 0.05) is 28.4 Å². The van der Waals surface area contributed by atoms with Gasteiger partial charge in [0.2, 0.25) is 5.95 Å². The highest BCUT2D eigenvalue weighted by Gasteiger charge is 2.34. The second-order valence-electron chi connectivity index (χ2n) is 9.45. The second-order valence-corrected chi connectivity index (χ2v) is 9.89. The number of aryl methyl sites for hydroxylation is 1. The normalized spacial score (nSPS) is 22.0. The zero-order chi connectivity index (χ0) is 24.7. The van der Waals surface area contributed by atoms with Crippen molar-refractivity contribution in [1.82, 2.24) is 9.55 Å². The summed E-state index contributed by atoms with van der Waals surface area (Å²) in [6, 6.07) is 11.4. The minimum atomic E-state index is -0.744. The van der Waals surface area contributed by atoms with Gasteiger partial charge in [0.25, 0.3) is 0 Å². The van der Waals surface area contributed by atoms with E-state index in [-0.39, 0.29) is 24.1 Å². The van der Waals surface area contributed by atoms with E-state index in [1.807, 2.05) is 43.3 Å². The molecule has 8 nitrogen and oxygen atoms in total. The molecule has 2 aromatic carbocycles. The minimum Gasteiger partial charge on any atom is -0.481 e. The van der Waals surface area contributed by atoms with E-state index in [0.717, 1.165) is 53.7 Å². The average Bonchev–Trinajstić information content (AvgIpc) is 3.23. The molecule has 1 amide bonds. The van der Waals surface area contributed by atoms with E-state index in [2.05, 4.69) is 9.88 Å². The third-order valence-corrected chi connectivity index (χ3v) is 7.54. The number of nitrogens with zero attached hydrogens (tertiary/aromatic N) is 3. The Morgan fingerprint density at radius 2 is 1.91 bits per heavy atom. The molecule has 0 bridgehead atoms. The lowest BCUT2D eigenvalue weighted by molar-refractivity contribution is -0.143. The molecule has 1 aromatic heterocycles. The Kier molecular flexibility index (Phi) is 6.32. The zero-order valence-electron chi connectivity index (χ0n) is 19.8. The Bertz CT molecular complexity index is 1270. The minimum absolute atomic E-state index is 0.00178. The molecule has 5 rings (SSSR count). The number of carboxylic acids is 1. The number of hydrogen-bond donors (Lipinski definition) is 2. The molecule has 3 aromatic rings. The van der Waals surface area contributed by atoms with Crippen LogP contribution in [-0.4, -0.2) is 39.9 Å². The van der Waals surface area contributed by atoms with Gasteiger partial charge in [-0.15, -0.1) is 0 Å². The van der Waals surface area contributed by atoms with E-state index in [0.29, 0.717) is 23.8 Å². The number of imidazole rings is 1. The van der Waals surface area contributed by atoms with Crippen LogP contribution in [0, 0.1) is 5.92 Å². The van der Waals surface area contributed by atoms with E-state index < -0.39 is 5.97 Å². The number of nitrogens with one attached hydrogen (secondary N) is 1. The van der Waals surface area contributed by atoms with Gasteiger partial charge in [0.15, 0.2) is 0 Å². The molecule has 2 N–H and O–H groups in total. The first-order chi connectivity index (χ1) is 16.9. The quantitative estimate of drug-likeness (QED) is 0.449. The molecule has 35 heavy (non-hydrogen) atoms. The standard InChI is InChI=1S/C26H29ClN4O4/c1-15-6-11-20-21(30(15)26(34)35-2)12-13-22-23(20)29-25(28-18-9-7-17(27)8-10-18)31(22)19-5-3-4-16(14-19)24(32)33/h7-10,12-13,15-16,19H,3-6,11,14H2,1-2H3,(H,28,29)(H,32,33)/t15-,16+,19+/m0/s1. The Morgan fingerprint density at radius 3 is 2.63 bits per heavy atom. The zero-order valence-corrected chi connectivity index (χ0v) is 20.6. The van der Waals surface area contributed by atoms with Crippen LogP contribution in [0.3, 0.4) is 0 Å². The lowest BCUT2D eigenvalue weighted by Gasteiger charge is -2.34. The second kappa shape index (κ2) is 9.41. The number of amides is 1. The van der Waals surface area contributed by atoms with Crippen LogP contribution in [0.2, 0.25) is 5.02 Å². The van der Waals surface area contributed by atoms with Crippen LogP contribution in [0.25, 0.3) is 11.0 Å². The molecule has 2 aliphatic rings. The molecule has 9 heteroatoms. The Labute approximate surface area is 208 Å². The van der Waals surface area contributed by atoms with Gasteiger partial charge in [-0.3, -0.25) is 9.69 Å². The Hall–Kier alpha value is -3.26. The molecule has 1 aliphatic heterocycles. The highest BCUT2D eigenvalue weighted by molar-refractivity contribution is 6.30. The number of methoxy groups -OCH3 is 1. The van der Waals surface area contributed by atoms with Crippen molar-refractivity contribution < 1.29 is 19.4 Å². The lowest BCUT2D eigenvalue weighted by Crippen LogP contribution is -2.42. The number of ether oxygens (including phenoxy) is 1. The predicted molar refractivity (Wildman–Crippen MR) is 136 cm³/mol. The number of carbonyl (C=O) groups is 2. The van der Waals surface area contributed by atoms with Crippen LogP contribution in [0.15, 0.2) is 36.4 Å². The van der Waals surface area contributed by atoms with Crippen molar-refractivity contribution >= 4 is 52.0 Å². The van der Waals surface area contributed by atoms with Gasteiger partial charge in [-0.1, -0.05) is 18.0 Å². The summed E-state index contributed by atoms with van der Waals surface area (Å²) in [6.45, 7) is 2.02. The van der Waals surface area contributed by atoms with E-state index in [9.17, 15) is 14.7 Å². The van der Waals surface area contributed by atoms with Crippen LogP contribution < -0.4 is 10.2 Å². The van der Waals surface area contributed by atoms with Crippen molar-refractivity contribution in [1.29, 1.82) is 0 Å². The van der Waals surface area contributed by atoms with Crippen molar-refractivity contribution in [2.24, 2.45) is 5.92 Å². The fraction of sp³-hybridized carbons (Fsp3) is 0.423. The maximum atomic E-state index is 12.6. The first kappa shape index (κ1) is 23.5. The van der Waals surface area contributed by atoms with Gasteiger partial charge >= 0.3 is 12.1 Å². The number of hydrogen-bond acceptors (Lipinski definition) is 5. The van der Waals surface area contributed by atoms with Crippen LogP contribution in [0.1, 0.15) is 50.6 Å². The van der Waals surface area contributed by atoms with Crippen LogP contribution in [-0.2, 0) is 16.0 Å². The van der Waals surface area contributed by atoms with Gasteiger partial charge in [-0.25, -0.2) is 9.78 Å². The number of anilines is 3. The first-order valence-corrected chi connectivity index (χ1v) is 12.4. The molecular weight excluding hydrogens is 468 g/mol. The third-order valence-electron chi connectivity index (χ3n) is 7.29. The highest BCUT2D eigenvalue weighted by atomic mass is 35.5. The first-order valence-electron chi connectivity index (χ1n) is 12.0. The summed E-state index contributed by atoms with van der Waals surface area (Å²) in [5.41, 5.74) is 4.44. The fourth-order valence-corrected chi connectivity index (χ4v) is 5.64. The Morgan fingerprint density at radius 1 is 1.14 bits per heavy atom. The number of halogens is 1. The molecule has 0 radical (unpaired) electrons. The largest absolute Gasteiger partial charge is 0.481 e. The van der Waals surface area contributed by atoms with Crippen LogP contribution in [0.4, 0.5) is 22.1 Å². The number of carbonyl (C=O) groups excluding carboxylic acids is 1. The predicted octanol–water partition coefficient (Wildman–Crippen LogP) is 6.16. The topological polar surface area (TPSA) is 96.7 Å². The van der Waals surface area contributed by atoms with Crippen molar-refractivity contribution in [3.63, 3.8) is 0 Å². The van der Waals surface area contributed by atoms with Crippen molar-refractivity contribution in [2.45, 2.75) is 57.5 Å². The summed E-state index contributed by atoms with van der Waals surface area (Å²) in [5, 5.41) is 13.8. The molecule has 0 saturated heterocycles. The molecule has 0 unspecified atom stereocenters. The number of carboxylic acid groups (broad SMARTS) is 1. The number of benzene rings is 2. The molecule has 1 fully saturated rings. The van der Waals surface area contributed by atoms with Crippen molar-refractivity contribution in [3.8, 4) is 0 Å². The fourth-order valence-electron chi connectivity index (χ4n) is 5.52. The van der Waals surface area contributed by atoms with E-state index >= 15 is 0 Å². The van der Waals surface area contributed by atoms with Crippen LogP contribution >= 0.6 is 11.6 Å². The smallest absolute Gasteiger partial charge is 0.414 e. The number of fused-ring (bicyclic) bond motifs is 3. The molecule has 1 saturated carbocycles. The summed E-state index contributed by atoms with van der Waals surface area (Å²) in [7, 11) is 1.40. The molecule has 0 spiro atoms. The van der Waals surface area contributed by atoms with Gasteiger partial charge in [-0.2, -0.15) is 0 Å². The molecule has 1 aliphatic carbocycles. The average molecular weight is 497 g/mol. The van der Waals surface area contributed by atoms with Gasteiger partial charge in [0.1, 0.15) is 0 Å². The number of rotatable bonds is 4. The monoisotopic (exact) mass is 496 g/mol. The summed E-state index contributed by atoms with van der Waals surface area (Å²) < 4.78 is 7.21. The molecule has 2 heterocycles. The molecular formula is C26H29ClN4O4. The van der Waals surface area contributed by atoms with E-state index in [1.165, 1.54) is 7.11 Å². The SMILES string of the molecule is COC(=O)N1c2ccc3c(nc(Nc4ccc(Cl)cc4)n3[C@@H]3CCC[C@@H](C(=O)O)C3)c2CC[C@@H]1C. The van der Waals surface area contributed by atoms with Crippen molar-refractivity contribution in [3.05, 3.63) is 47.0 Å². The molecule has 3 atom stereocenters. The lowest BCUT2D eigenvalue weighted by atomic mass is 9.85. The van der Waals surface area contributed by atoms with Gasteiger partial charge < -0.3 is 19.7 Å². The van der Waals surface area contributed by atoms with E-state index in [4.69, 9.17) is 21.3 Å². The highest BCUT2D eigenvalue weighted by Crippen LogP contribution is 2.42. The van der Waals surface area contributed by atoms with Gasteiger partial charge in [-0.05, 0) is 75.4 Å². The van der Waals surface area contributed by atoms with E-state index in [1.54, 1.807) is 4.90 Å². The number of aromatic nitrogens is 2. The summed E-state index contributed by atoms with van der Waals surface area (Å²) in [5.74, 6) is -0.454. The maximum Gasteiger partial charge on any atom is 0.414 e.